The predicted octanol–water partition coefficient (Wildman–Crippen LogP) is 2.49. The highest BCUT2D eigenvalue weighted by atomic mass is 16.6. The summed E-state index contributed by atoms with van der Waals surface area (Å²) in [5.41, 5.74) is 0.181. The van der Waals surface area contributed by atoms with Gasteiger partial charge < -0.3 is 30.2 Å². The molecular formula is C33H44N2O8. The van der Waals surface area contributed by atoms with Crippen LogP contribution in [0.4, 0.5) is 0 Å². The lowest BCUT2D eigenvalue weighted by Gasteiger charge is -2.60. The van der Waals surface area contributed by atoms with Gasteiger partial charge in [-0.1, -0.05) is 54.9 Å². The molecule has 0 bridgehead atoms. The number of oxime groups is 1. The van der Waals surface area contributed by atoms with Crippen LogP contribution in [0.5, 0.6) is 0 Å². The molecule has 5 rings (SSSR count). The molecule has 43 heavy (non-hydrogen) atoms. The molecule has 0 spiro atoms. The van der Waals surface area contributed by atoms with Crippen LogP contribution in [0, 0.1) is 28.6 Å². The van der Waals surface area contributed by atoms with Crippen molar-refractivity contribution in [1.82, 2.24) is 5.32 Å². The Hall–Kier alpha value is -3.08. The van der Waals surface area contributed by atoms with Crippen LogP contribution in [0.2, 0.25) is 0 Å². The van der Waals surface area contributed by atoms with Gasteiger partial charge in [-0.3, -0.25) is 9.59 Å². The van der Waals surface area contributed by atoms with Gasteiger partial charge in [-0.15, -0.1) is 0 Å². The molecule has 1 aromatic carbocycles. The second-order valence-electron chi connectivity index (χ2n) is 13.3. The van der Waals surface area contributed by atoms with E-state index in [0.717, 1.165) is 30.5 Å². The molecule has 10 heteroatoms. The number of benzene rings is 1. The summed E-state index contributed by atoms with van der Waals surface area (Å²) in [5, 5.41) is 39.4. The number of amides is 1. The van der Waals surface area contributed by atoms with E-state index in [1.165, 1.54) is 12.7 Å². The Morgan fingerprint density at radius 2 is 1.86 bits per heavy atom. The molecule has 4 N–H and O–H groups in total. The lowest BCUT2D eigenvalue weighted by molar-refractivity contribution is -0.181. The number of aliphatic hydroxyl groups is 3. The molecule has 0 aliphatic heterocycles. The van der Waals surface area contributed by atoms with E-state index in [4.69, 9.17) is 9.57 Å². The van der Waals surface area contributed by atoms with Crippen LogP contribution < -0.4 is 5.32 Å². The molecule has 4 aliphatic rings. The number of nitrogens with zero attached hydrogens (tertiary/aromatic N) is 1. The first-order valence-corrected chi connectivity index (χ1v) is 15.3. The van der Waals surface area contributed by atoms with Gasteiger partial charge in [0.25, 0.3) is 5.91 Å². The molecular weight excluding hydrogens is 552 g/mol. The molecule has 10 nitrogen and oxygen atoms in total. The van der Waals surface area contributed by atoms with Crippen molar-refractivity contribution in [3.8, 4) is 0 Å². The van der Waals surface area contributed by atoms with Crippen molar-refractivity contribution in [2.75, 3.05) is 20.3 Å². The number of nitrogens with one attached hydrogen (secondary N) is 1. The molecule has 0 saturated heterocycles. The van der Waals surface area contributed by atoms with E-state index in [2.05, 4.69) is 17.4 Å². The third kappa shape index (κ3) is 5.53. The van der Waals surface area contributed by atoms with E-state index in [0.29, 0.717) is 32.1 Å². The van der Waals surface area contributed by atoms with E-state index in [1.54, 1.807) is 0 Å². The van der Waals surface area contributed by atoms with Gasteiger partial charge in [-0.25, -0.2) is 4.79 Å². The van der Waals surface area contributed by atoms with Crippen LogP contribution >= 0.6 is 0 Å². The summed E-state index contributed by atoms with van der Waals surface area (Å²) in [5.74, 6) is -1.32. The number of ketones is 1. The van der Waals surface area contributed by atoms with Gasteiger partial charge in [0.05, 0.1) is 18.9 Å². The van der Waals surface area contributed by atoms with Crippen LogP contribution in [-0.2, 0) is 30.4 Å². The summed E-state index contributed by atoms with van der Waals surface area (Å²) in [6.45, 7) is 3.08. The van der Waals surface area contributed by atoms with Gasteiger partial charge in [0, 0.05) is 11.8 Å². The highest BCUT2D eigenvalue weighted by Gasteiger charge is 2.68. The van der Waals surface area contributed by atoms with Crippen molar-refractivity contribution in [3.63, 3.8) is 0 Å². The van der Waals surface area contributed by atoms with Crippen LogP contribution in [0.3, 0.4) is 0 Å². The number of methoxy groups -OCH3 is 1. The Morgan fingerprint density at radius 3 is 2.56 bits per heavy atom. The van der Waals surface area contributed by atoms with Gasteiger partial charge in [0.15, 0.2) is 12.4 Å². The second-order valence-corrected chi connectivity index (χ2v) is 13.3. The van der Waals surface area contributed by atoms with Crippen molar-refractivity contribution in [2.24, 2.45) is 33.7 Å². The third-order valence-electron chi connectivity index (χ3n) is 11.1. The van der Waals surface area contributed by atoms with E-state index < -0.39 is 47.4 Å². The number of esters is 1. The number of rotatable bonds is 9. The number of hydrogen-bond acceptors (Lipinski definition) is 9. The number of carbonyl (C=O) groups is 3. The first kappa shape index (κ1) is 31.3. The summed E-state index contributed by atoms with van der Waals surface area (Å²) in [4.78, 5) is 42.9. The van der Waals surface area contributed by atoms with Crippen molar-refractivity contribution in [3.05, 3.63) is 47.5 Å². The largest absolute Gasteiger partial charge is 0.467 e. The van der Waals surface area contributed by atoms with Crippen molar-refractivity contribution in [1.29, 1.82) is 0 Å². The van der Waals surface area contributed by atoms with Crippen molar-refractivity contribution < 1.29 is 39.3 Å². The summed E-state index contributed by atoms with van der Waals surface area (Å²) in [7, 11) is 1.28. The average molecular weight is 597 g/mol. The van der Waals surface area contributed by atoms with Crippen LogP contribution in [0.1, 0.15) is 64.4 Å². The minimum Gasteiger partial charge on any atom is -0.467 e. The highest BCUT2D eigenvalue weighted by molar-refractivity contribution is 5.96. The smallest absolute Gasteiger partial charge is 0.328 e. The van der Waals surface area contributed by atoms with Gasteiger partial charge in [0.1, 0.15) is 18.2 Å². The summed E-state index contributed by atoms with van der Waals surface area (Å²) in [6.07, 6.45) is 6.00. The first-order valence-electron chi connectivity index (χ1n) is 15.3. The Kier molecular flexibility index (Phi) is 8.84. The van der Waals surface area contributed by atoms with Crippen LogP contribution in [0.15, 0.2) is 47.1 Å². The normalized spacial score (nSPS) is 36.4. The Bertz CT molecular complexity index is 1300. The molecule has 0 unspecified atom stereocenters. The molecule has 0 aromatic heterocycles. The zero-order chi connectivity index (χ0) is 31.0. The van der Waals surface area contributed by atoms with Gasteiger partial charge in [0.2, 0.25) is 0 Å². The fourth-order valence-electron chi connectivity index (χ4n) is 8.96. The first-order chi connectivity index (χ1) is 20.5. The fourth-order valence-corrected chi connectivity index (χ4v) is 8.96. The maximum absolute atomic E-state index is 12.6. The number of allylic oxidation sites excluding steroid dienone is 2. The lowest BCUT2D eigenvalue weighted by Crippen LogP contribution is -2.62. The molecule has 3 fully saturated rings. The minimum atomic E-state index is -1.61. The predicted molar refractivity (Wildman–Crippen MR) is 158 cm³/mol. The van der Waals surface area contributed by atoms with Crippen LogP contribution in [-0.4, -0.2) is 76.8 Å². The monoisotopic (exact) mass is 596 g/mol. The quantitative estimate of drug-likeness (QED) is 0.250. The standard InChI is InChI=1S/C33H44N2O8/c1-31-13-11-22(35-43-19-28(39)34-25(30(40)42-3)15-20-7-5-4-6-8-20)16-21(31)9-10-23-24-12-14-33(41,27(38)18-36)32(24,2)17-26(37)29(23)31/h4-8,16,23-26,29,36-37,41H,9-15,17-19H2,1-3H3,(H,34,39)/b35-22+/t23-,24+,25+,26+,29+,31+,32+,33+/m1/s1. The maximum atomic E-state index is 12.6. The molecule has 8 atom stereocenters. The number of Topliss-reactive ketones (excluding diaryl/α,β-unsaturated/α-hetero) is 1. The topological polar surface area (TPSA) is 155 Å². The SMILES string of the molecule is COC(=O)[C@H](Cc1ccccc1)NC(=O)CO/N=C1/C=C2CC[C@H]3[C@@H]([C@@H](O)C[C@@]4(C)[C@H]3CC[C@]4(O)C(=O)CO)[C@@]2(C)CC1. The lowest BCUT2D eigenvalue weighted by atomic mass is 9.45. The van der Waals surface area contributed by atoms with Crippen molar-refractivity contribution >= 4 is 23.4 Å². The van der Waals surface area contributed by atoms with Gasteiger partial charge in [-0.2, -0.15) is 0 Å². The third-order valence-corrected chi connectivity index (χ3v) is 11.1. The number of carbonyl (C=O) groups excluding carboxylic acids is 3. The van der Waals surface area contributed by atoms with Crippen LogP contribution in [0.25, 0.3) is 0 Å². The Balaban J connectivity index is 1.23. The Labute approximate surface area is 252 Å². The molecule has 0 radical (unpaired) electrons. The van der Waals surface area contributed by atoms with E-state index in [-0.39, 0.29) is 29.8 Å². The number of ether oxygens (including phenoxy) is 1. The number of hydrogen-bond donors (Lipinski definition) is 4. The highest BCUT2D eigenvalue weighted by Crippen LogP contribution is 2.67. The molecule has 234 valence electrons. The number of fused-ring (bicyclic) bond motifs is 5. The molecule has 0 heterocycles. The summed E-state index contributed by atoms with van der Waals surface area (Å²) in [6, 6.07) is 8.51. The van der Waals surface area contributed by atoms with E-state index >= 15 is 0 Å². The second kappa shape index (κ2) is 12.1. The Morgan fingerprint density at radius 1 is 1.12 bits per heavy atom. The maximum Gasteiger partial charge on any atom is 0.328 e. The van der Waals surface area contributed by atoms with Crippen molar-refractivity contribution in [2.45, 2.75) is 83.0 Å². The summed E-state index contributed by atoms with van der Waals surface area (Å²) < 4.78 is 4.86. The average Bonchev–Trinajstić information content (AvgIpc) is 3.26. The number of aliphatic hydroxyl groups excluding tert-OH is 2. The molecule has 1 aromatic rings. The molecule has 1 amide bonds. The van der Waals surface area contributed by atoms with Gasteiger partial charge >= 0.3 is 5.97 Å². The summed E-state index contributed by atoms with van der Waals surface area (Å²) >= 11 is 0. The fraction of sp³-hybridized carbons (Fsp3) is 0.636. The minimum absolute atomic E-state index is 0.00901. The van der Waals surface area contributed by atoms with E-state index in [9.17, 15) is 29.7 Å². The van der Waals surface area contributed by atoms with Gasteiger partial charge in [-0.05, 0) is 79.8 Å². The molecule has 4 aliphatic carbocycles. The molecule has 3 saturated carbocycles. The zero-order valence-electron chi connectivity index (χ0n) is 25.3. The van der Waals surface area contributed by atoms with E-state index in [1.807, 2.05) is 43.3 Å². The zero-order valence-corrected chi connectivity index (χ0v) is 25.3.